The Labute approximate surface area is 521 Å². The summed E-state index contributed by atoms with van der Waals surface area (Å²) in [4.78, 5) is 81.0. The molecule has 25 heteroatoms. The number of nitrogens with one attached hydrogen (secondary N) is 1. The lowest BCUT2D eigenvalue weighted by Gasteiger charge is -2.48. The Kier molecular flexibility index (Phi) is 40.0. The number of anilines is 1. The van der Waals surface area contributed by atoms with E-state index in [0.717, 1.165) is 103 Å². The maximum absolute atomic E-state index is 13.4. The molecule has 1 N–H and O–H groups in total. The summed E-state index contributed by atoms with van der Waals surface area (Å²) in [6.07, 6.45) is 6.36. The van der Waals surface area contributed by atoms with Gasteiger partial charge in [-0.15, -0.1) is 0 Å². The number of nitrogens with zero attached hydrogens (tertiary/aromatic N) is 7. The van der Waals surface area contributed by atoms with Gasteiger partial charge in [-0.05, 0) is 118 Å². The van der Waals surface area contributed by atoms with E-state index in [9.17, 15) is 63.9 Å². The number of amides is 5. The fraction of sp³-hybridized carbons (Fsp3) is 0.672. The lowest BCUT2D eigenvalue weighted by molar-refractivity contribution is -0.299. The van der Waals surface area contributed by atoms with E-state index in [-0.39, 0.29) is 50.5 Å². The first-order valence-electron chi connectivity index (χ1n) is 28.8. The molecule has 14 nitrogen and oxygen atoms in total. The Hall–Kier alpha value is -4.65. The number of aldehydes is 1. The van der Waals surface area contributed by atoms with Crippen molar-refractivity contribution in [1.82, 2.24) is 34.7 Å². The minimum atomic E-state index is -5.07. The van der Waals surface area contributed by atoms with Crippen molar-refractivity contribution < 1.29 is 63.9 Å². The summed E-state index contributed by atoms with van der Waals surface area (Å²) in [5.41, 5.74) is 2.60. The van der Waals surface area contributed by atoms with Gasteiger partial charge in [0.25, 0.3) is 12.3 Å². The van der Waals surface area contributed by atoms with E-state index in [0.29, 0.717) is 46.1 Å². The molecular formula is C61H97ClF8N8O6S2. The zero-order valence-corrected chi connectivity index (χ0v) is 55.2. The van der Waals surface area contributed by atoms with E-state index < -0.39 is 54.6 Å². The molecule has 2 unspecified atom stereocenters. The minimum Gasteiger partial charge on any atom is -0.369 e. The summed E-state index contributed by atoms with van der Waals surface area (Å²) in [5, 5.41) is 3.52. The lowest BCUT2D eigenvalue weighted by Crippen LogP contribution is -2.64. The quantitative estimate of drug-likeness (QED) is 0.0507. The van der Waals surface area contributed by atoms with Gasteiger partial charge < -0.3 is 39.5 Å². The summed E-state index contributed by atoms with van der Waals surface area (Å²) in [5.74, 6) is -4.72. The number of carbonyl (C=O) groups is 6. The van der Waals surface area contributed by atoms with Crippen molar-refractivity contribution in [2.45, 2.75) is 135 Å². The van der Waals surface area contributed by atoms with Gasteiger partial charge in [0.05, 0.1) is 32.9 Å². The van der Waals surface area contributed by atoms with Gasteiger partial charge >= 0.3 is 6.18 Å². The Morgan fingerprint density at radius 1 is 0.837 bits per heavy atom. The van der Waals surface area contributed by atoms with Crippen molar-refractivity contribution in [3.8, 4) is 11.1 Å². The number of unbranched alkanes of at least 4 members (excludes halogenated alkanes) is 4. The Balaban J connectivity index is 0.00000116. The molecule has 4 fully saturated rings. The van der Waals surface area contributed by atoms with Gasteiger partial charge in [-0.3, -0.25) is 33.3 Å². The summed E-state index contributed by atoms with van der Waals surface area (Å²) in [6.45, 7) is 12.3. The molecular weight excluding hydrogens is 1190 g/mol. The summed E-state index contributed by atoms with van der Waals surface area (Å²) in [7, 11) is 8.68. The molecule has 86 heavy (non-hydrogen) atoms. The predicted octanol–water partition coefficient (Wildman–Crippen LogP) is 11.7. The van der Waals surface area contributed by atoms with E-state index >= 15 is 0 Å². The Morgan fingerprint density at radius 3 is 1.86 bits per heavy atom. The molecule has 2 aromatic carbocycles. The van der Waals surface area contributed by atoms with Crippen molar-refractivity contribution >= 4 is 78.0 Å². The first-order valence-corrected chi connectivity index (χ1v) is 31.7. The molecule has 6 rings (SSSR count). The van der Waals surface area contributed by atoms with E-state index in [1.165, 1.54) is 27.3 Å². The van der Waals surface area contributed by atoms with Crippen molar-refractivity contribution in [2.24, 2.45) is 11.3 Å². The molecule has 2 aromatic rings. The third-order valence-electron chi connectivity index (χ3n) is 14.0. The molecule has 2 heterocycles. The molecule has 0 spiro atoms. The van der Waals surface area contributed by atoms with E-state index in [4.69, 9.17) is 11.6 Å². The molecule has 0 bridgehead atoms. The number of hydrogen-bond donors (Lipinski definition) is 2. The second-order valence-electron chi connectivity index (χ2n) is 22.1. The number of likely N-dealkylation sites (N-methyl/N-ethyl adjacent to an activating group) is 5. The third kappa shape index (κ3) is 29.1. The van der Waals surface area contributed by atoms with Crippen LogP contribution in [0.2, 0.25) is 5.02 Å². The molecule has 0 radical (unpaired) electrons. The van der Waals surface area contributed by atoms with Crippen LogP contribution >= 0.6 is 36.0 Å². The molecule has 2 atom stereocenters. The van der Waals surface area contributed by atoms with Gasteiger partial charge in [-0.25, -0.2) is 17.6 Å². The van der Waals surface area contributed by atoms with Gasteiger partial charge in [0.2, 0.25) is 30.0 Å². The highest BCUT2D eigenvalue weighted by atomic mass is 35.5. The van der Waals surface area contributed by atoms with Crippen LogP contribution in [0.5, 0.6) is 0 Å². The molecule has 2 aliphatic heterocycles. The number of piperazine rings is 1. The highest BCUT2D eigenvalue weighted by Gasteiger charge is 2.74. The first-order chi connectivity index (χ1) is 40.5. The predicted molar refractivity (Wildman–Crippen MR) is 336 cm³/mol. The van der Waals surface area contributed by atoms with Crippen LogP contribution in [0.25, 0.3) is 11.1 Å². The topological polar surface area (TPSA) is 137 Å². The fourth-order valence-electron chi connectivity index (χ4n) is 9.31. The number of carbonyl (C=O) groups excluding carboxylic acids is 6. The smallest absolute Gasteiger partial charge is 0.369 e. The van der Waals surface area contributed by atoms with E-state index in [1.807, 2.05) is 35.6 Å². The van der Waals surface area contributed by atoms with Crippen LogP contribution < -0.4 is 10.2 Å². The monoisotopic (exact) mass is 1290 g/mol. The molecule has 4 aliphatic rings. The summed E-state index contributed by atoms with van der Waals surface area (Å²) >= 11 is 11.3. The summed E-state index contributed by atoms with van der Waals surface area (Å²) in [6, 6.07) is 13.0. The normalized spacial score (nSPS) is 16.5. The second kappa shape index (κ2) is 42.3. The van der Waals surface area contributed by atoms with Crippen molar-refractivity contribution in [3.05, 3.63) is 64.8 Å². The number of thiol groups is 1. The van der Waals surface area contributed by atoms with E-state index in [2.05, 4.69) is 74.8 Å². The molecule has 492 valence electrons. The average Bonchev–Trinajstić information content (AvgIpc) is 0.909. The van der Waals surface area contributed by atoms with Crippen LogP contribution in [0.3, 0.4) is 0 Å². The Bertz CT molecular complexity index is 2320. The number of allylic oxidation sites excluding steroid dienone is 1. The van der Waals surface area contributed by atoms with Crippen molar-refractivity contribution in [1.29, 1.82) is 0 Å². The van der Waals surface area contributed by atoms with Crippen molar-refractivity contribution in [3.63, 3.8) is 0 Å². The largest absolute Gasteiger partial charge is 0.403 e. The van der Waals surface area contributed by atoms with Crippen LogP contribution in [0.4, 0.5) is 40.8 Å². The number of hydrogen-bond acceptors (Lipinski definition) is 11. The molecule has 2 aliphatic carbocycles. The fourth-order valence-corrected chi connectivity index (χ4v) is 9.53. The van der Waals surface area contributed by atoms with Gasteiger partial charge in [0.1, 0.15) is 12.3 Å². The highest BCUT2D eigenvalue weighted by Crippen LogP contribution is 2.61. The van der Waals surface area contributed by atoms with Gasteiger partial charge in [0.15, 0.2) is 5.41 Å². The minimum absolute atomic E-state index is 0.0247. The number of rotatable bonds is 22. The zero-order valence-electron chi connectivity index (χ0n) is 52.8. The van der Waals surface area contributed by atoms with Gasteiger partial charge in [-0.1, -0.05) is 81.8 Å². The van der Waals surface area contributed by atoms with Crippen molar-refractivity contribution in [2.75, 3.05) is 125 Å². The maximum Gasteiger partial charge on any atom is 0.403 e. The number of aryl methyl sites for hydroxylation is 1. The van der Waals surface area contributed by atoms with Crippen LogP contribution in [0.1, 0.15) is 103 Å². The highest BCUT2D eigenvalue weighted by molar-refractivity contribution is 7.97. The Morgan fingerprint density at radius 2 is 1.38 bits per heavy atom. The zero-order chi connectivity index (χ0) is 66.0. The average molecular weight is 1290 g/mol. The maximum atomic E-state index is 13.4. The number of benzene rings is 2. The standard InChI is InChI=1S/C19H21ClF2N2.C18H34N4O4.C16H19F5N2O2.C4H10.C2H6S.CH3F.CH4S/c1-14-12-16(20)4-7-18(14)15-2-5-17(6-3-15)24-10-8-23(9-11-24)13-19(21)22;1-19-12-17(25)21(3)13-18(26)20(2)11-9-7-5-6-8-10-16(14-23)22(4)15-24;1-22(7-10-4-5-10)12(24)11-3-2-6-23(11)13(25)14(16(19,20)21)8-15(17,18)9-14;1-4(2)3;1-3-2;2*1-2/h2-7,12,19H,8-11,13H2,1H3;14-16,19H,5-13H2,1-4H3;7,11H,2-6,8-9H2,1H3;4H,1-3H3;1-2H3;1H3;2H,1H3. The van der Waals surface area contributed by atoms with Crippen LogP contribution in [-0.2, 0) is 28.8 Å². The molecule has 0 aromatic heterocycles. The van der Waals surface area contributed by atoms with Gasteiger partial charge in [0, 0.05) is 97.2 Å². The van der Waals surface area contributed by atoms with E-state index in [1.54, 1.807) is 57.3 Å². The lowest BCUT2D eigenvalue weighted by atomic mass is 9.64. The number of halogens is 9. The van der Waals surface area contributed by atoms with Crippen LogP contribution in [-0.4, -0.2) is 216 Å². The third-order valence-corrected chi connectivity index (χ3v) is 14.3. The summed E-state index contributed by atoms with van der Waals surface area (Å²) < 4.78 is 101. The van der Waals surface area contributed by atoms with Crippen LogP contribution in [0, 0.1) is 18.3 Å². The van der Waals surface area contributed by atoms with Crippen LogP contribution in [0.15, 0.2) is 54.2 Å². The first kappa shape index (κ1) is 81.3. The number of thioether (sulfide) groups is 1. The molecule has 5 amide bonds. The number of alkyl halides is 8. The van der Waals surface area contributed by atoms with Gasteiger partial charge in [-0.2, -0.15) is 37.6 Å². The SMILES string of the molecule is CC(C)C.CF.CN(C=C1CC1)C(=O)C1CCCN1C(=O)C1(C(F)(F)F)CC(F)(F)C1.CNCC(=O)N(C)CC(=O)N(C)CCCCCCCC(C=O)N(C)C=O.CS.CSC.Cc1cc(Cl)ccc1-c1ccc(N2CCN(CC(F)F)CC2)cc1. The number of likely N-dealkylation sites (tertiary alicyclic amines) is 1. The molecule has 2 saturated carbocycles. The molecule has 2 saturated heterocycles. The second-order valence-corrected chi connectivity index (χ2v) is 23.4.